The number of carbonyl (C=O) groups excluding carboxylic acids is 1. The molecule has 1 atom stereocenters. The Bertz CT molecular complexity index is 469. The number of halogens is 3. The van der Waals surface area contributed by atoms with Crippen LogP contribution in [0.4, 0.5) is 14.5 Å². The minimum Gasteiger partial charge on any atom is -0.309 e. The fraction of sp³-hybridized carbons (Fsp3) is 0.364. The molecule has 0 aromatic heterocycles. The van der Waals surface area contributed by atoms with Gasteiger partial charge in [-0.3, -0.25) is 4.79 Å². The van der Waals surface area contributed by atoms with Crippen LogP contribution in [0.2, 0.25) is 0 Å². The normalized spacial score (nSPS) is 20.1. The van der Waals surface area contributed by atoms with E-state index in [1.165, 1.54) is 11.0 Å². The van der Waals surface area contributed by atoms with E-state index in [0.717, 1.165) is 6.07 Å². The molecule has 0 spiro atoms. The van der Waals surface area contributed by atoms with Gasteiger partial charge in [0, 0.05) is 19.0 Å². The Balaban J connectivity index is 2.35. The van der Waals surface area contributed by atoms with Gasteiger partial charge in [0.05, 0.1) is 10.2 Å². The SMILES string of the molecule is O=C1CC(CS)CN1c1cc(Br)c(F)cc1F. The number of carbonyl (C=O) groups is 1. The molecule has 92 valence electrons. The Kier molecular flexibility index (Phi) is 3.73. The Labute approximate surface area is 112 Å². The zero-order chi connectivity index (χ0) is 12.6. The summed E-state index contributed by atoms with van der Waals surface area (Å²) in [7, 11) is 0. The van der Waals surface area contributed by atoms with E-state index >= 15 is 0 Å². The van der Waals surface area contributed by atoms with Crippen LogP contribution in [0.1, 0.15) is 6.42 Å². The standard InChI is InChI=1S/C11H10BrF2NOS/c12-7-2-10(9(14)3-8(7)13)15-4-6(5-17)1-11(15)16/h2-3,6,17H,1,4-5H2. The topological polar surface area (TPSA) is 20.3 Å². The third-order valence-corrected chi connectivity index (χ3v) is 3.87. The van der Waals surface area contributed by atoms with Crippen LogP contribution in [-0.4, -0.2) is 18.2 Å². The second-order valence-corrected chi connectivity index (χ2v) is 5.19. The maximum Gasteiger partial charge on any atom is 0.227 e. The van der Waals surface area contributed by atoms with E-state index in [2.05, 4.69) is 28.6 Å². The molecule has 1 saturated heterocycles. The van der Waals surface area contributed by atoms with E-state index in [4.69, 9.17) is 0 Å². The maximum absolute atomic E-state index is 13.6. The van der Waals surface area contributed by atoms with Crippen molar-refractivity contribution in [1.29, 1.82) is 0 Å². The molecule has 2 nitrogen and oxygen atoms in total. The van der Waals surface area contributed by atoms with Gasteiger partial charge in [-0.05, 0) is 33.7 Å². The third-order valence-electron chi connectivity index (χ3n) is 2.74. The fourth-order valence-corrected chi connectivity index (χ4v) is 2.43. The number of anilines is 1. The first-order valence-corrected chi connectivity index (χ1v) is 6.51. The van der Waals surface area contributed by atoms with E-state index in [1.807, 2.05) is 0 Å². The van der Waals surface area contributed by atoms with Gasteiger partial charge in [-0.2, -0.15) is 12.6 Å². The first-order valence-electron chi connectivity index (χ1n) is 5.08. The summed E-state index contributed by atoms with van der Waals surface area (Å²) in [5.41, 5.74) is 0.118. The minimum absolute atomic E-state index is 0.118. The van der Waals surface area contributed by atoms with Crippen LogP contribution in [0, 0.1) is 17.6 Å². The predicted octanol–water partition coefficient (Wildman–Crippen LogP) is 3.01. The summed E-state index contributed by atoms with van der Waals surface area (Å²) in [6, 6.07) is 2.07. The van der Waals surface area contributed by atoms with Crippen LogP contribution < -0.4 is 4.90 Å². The summed E-state index contributed by atoms with van der Waals surface area (Å²) < 4.78 is 26.8. The number of thiol groups is 1. The van der Waals surface area contributed by atoms with E-state index in [9.17, 15) is 13.6 Å². The van der Waals surface area contributed by atoms with Crippen molar-refractivity contribution in [2.75, 3.05) is 17.2 Å². The molecule has 1 fully saturated rings. The molecular formula is C11H10BrF2NOS. The van der Waals surface area contributed by atoms with E-state index in [0.29, 0.717) is 18.7 Å². The maximum atomic E-state index is 13.6. The molecule has 1 unspecified atom stereocenters. The third kappa shape index (κ3) is 2.47. The summed E-state index contributed by atoms with van der Waals surface area (Å²) >= 11 is 7.11. The van der Waals surface area contributed by atoms with E-state index < -0.39 is 11.6 Å². The minimum atomic E-state index is -0.723. The van der Waals surface area contributed by atoms with Crippen molar-refractivity contribution in [3.63, 3.8) is 0 Å². The number of hydrogen-bond donors (Lipinski definition) is 1. The second-order valence-electron chi connectivity index (χ2n) is 3.97. The number of amides is 1. The monoisotopic (exact) mass is 321 g/mol. The van der Waals surface area contributed by atoms with Gasteiger partial charge in [0.15, 0.2) is 0 Å². The van der Waals surface area contributed by atoms with Crippen molar-refractivity contribution in [2.24, 2.45) is 5.92 Å². The number of benzene rings is 1. The van der Waals surface area contributed by atoms with Crippen molar-refractivity contribution in [1.82, 2.24) is 0 Å². The van der Waals surface area contributed by atoms with Crippen LogP contribution in [0.5, 0.6) is 0 Å². The first kappa shape index (κ1) is 12.8. The Hall–Kier alpha value is -0.620. The summed E-state index contributed by atoms with van der Waals surface area (Å²) in [5, 5.41) is 0. The lowest BCUT2D eigenvalue weighted by molar-refractivity contribution is -0.117. The molecule has 17 heavy (non-hydrogen) atoms. The molecule has 1 amide bonds. The predicted molar refractivity (Wildman–Crippen MR) is 68.4 cm³/mol. The fourth-order valence-electron chi connectivity index (χ4n) is 1.86. The molecule has 1 aliphatic rings. The smallest absolute Gasteiger partial charge is 0.227 e. The van der Waals surface area contributed by atoms with Crippen LogP contribution in [0.25, 0.3) is 0 Å². The number of hydrogen-bond acceptors (Lipinski definition) is 2. The van der Waals surface area contributed by atoms with Gasteiger partial charge in [0.1, 0.15) is 11.6 Å². The average molecular weight is 322 g/mol. The van der Waals surface area contributed by atoms with E-state index in [1.54, 1.807) is 0 Å². The molecule has 0 aliphatic carbocycles. The van der Waals surface area contributed by atoms with Crippen LogP contribution >= 0.6 is 28.6 Å². The highest BCUT2D eigenvalue weighted by atomic mass is 79.9. The Morgan fingerprint density at radius 3 is 2.71 bits per heavy atom. The lowest BCUT2D eigenvalue weighted by Crippen LogP contribution is -2.25. The zero-order valence-corrected chi connectivity index (χ0v) is 11.3. The van der Waals surface area contributed by atoms with E-state index in [-0.39, 0.29) is 22.0 Å². The number of nitrogens with zero attached hydrogens (tertiary/aromatic N) is 1. The molecule has 1 aromatic carbocycles. The van der Waals surface area contributed by atoms with Gasteiger partial charge in [-0.25, -0.2) is 8.78 Å². The largest absolute Gasteiger partial charge is 0.309 e. The zero-order valence-electron chi connectivity index (χ0n) is 8.79. The van der Waals surface area contributed by atoms with Gasteiger partial charge in [0.25, 0.3) is 0 Å². The summed E-state index contributed by atoms with van der Waals surface area (Å²) in [6.07, 6.45) is 0.359. The molecule has 1 heterocycles. The summed E-state index contributed by atoms with van der Waals surface area (Å²) in [4.78, 5) is 13.1. The van der Waals surface area contributed by atoms with Gasteiger partial charge in [-0.15, -0.1) is 0 Å². The molecule has 6 heteroatoms. The second kappa shape index (κ2) is 4.94. The molecule has 0 bridgehead atoms. The van der Waals surface area contributed by atoms with Gasteiger partial charge in [0.2, 0.25) is 5.91 Å². The highest BCUT2D eigenvalue weighted by Crippen LogP contribution is 2.31. The van der Waals surface area contributed by atoms with Gasteiger partial charge < -0.3 is 4.90 Å². The highest BCUT2D eigenvalue weighted by molar-refractivity contribution is 9.10. The first-order chi connectivity index (χ1) is 8.02. The van der Waals surface area contributed by atoms with Crippen LogP contribution in [0.3, 0.4) is 0 Å². The Morgan fingerprint density at radius 1 is 1.41 bits per heavy atom. The van der Waals surface area contributed by atoms with Crippen molar-refractivity contribution < 1.29 is 13.6 Å². The van der Waals surface area contributed by atoms with Gasteiger partial charge in [-0.1, -0.05) is 0 Å². The van der Waals surface area contributed by atoms with Crippen LogP contribution in [-0.2, 0) is 4.79 Å². The average Bonchev–Trinajstić information content (AvgIpc) is 2.65. The molecule has 1 aliphatic heterocycles. The van der Waals surface area contributed by atoms with Crippen molar-refractivity contribution >= 4 is 40.2 Å². The van der Waals surface area contributed by atoms with Crippen LogP contribution in [0.15, 0.2) is 16.6 Å². The molecule has 0 N–H and O–H groups in total. The summed E-state index contributed by atoms with van der Waals surface area (Å²) in [6.45, 7) is 0.428. The molecule has 2 rings (SSSR count). The molecule has 1 aromatic rings. The lowest BCUT2D eigenvalue weighted by atomic mass is 10.1. The van der Waals surface area contributed by atoms with Crippen molar-refractivity contribution in [3.8, 4) is 0 Å². The Morgan fingerprint density at radius 2 is 2.12 bits per heavy atom. The summed E-state index contributed by atoms with van der Waals surface area (Å²) in [5.74, 6) is -0.857. The van der Waals surface area contributed by atoms with Gasteiger partial charge >= 0.3 is 0 Å². The van der Waals surface area contributed by atoms with Crippen molar-refractivity contribution in [3.05, 3.63) is 28.2 Å². The highest BCUT2D eigenvalue weighted by Gasteiger charge is 2.31. The van der Waals surface area contributed by atoms with Crippen molar-refractivity contribution in [2.45, 2.75) is 6.42 Å². The molecular weight excluding hydrogens is 312 g/mol. The number of rotatable bonds is 2. The molecule has 0 radical (unpaired) electrons. The molecule has 0 saturated carbocycles. The quantitative estimate of drug-likeness (QED) is 0.656. The lowest BCUT2D eigenvalue weighted by Gasteiger charge is -2.17.